The predicted molar refractivity (Wildman–Crippen MR) is 78.6 cm³/mol. The molecule has 0 unspecified atom stereocenters. The fourth-order valence-corrected chi connectivity index (χ4v) is 2.36. The summed E-state index contributed by atoms with van der Waals surface area (Å²) in [4.78, 5) is 14.2. The standard InChI is InChI=1S/C17H15NO2/c19-10-15-9-18-16-8-4-7-14(17(15)16)12-20-11-13-5-2-1-3-6-13/h1-10,18H,11-12H2. The van der Waals surface area contributed by atoms with Gasteiger partial charge in [0, 0.05) is 22.7 Å². The molecule has 0 saturated heterocycles. The highest BCUT2D eigenvalue weighted by atomic mass is 16.5. The summed E-state index contributed by atoms with van der Waals surface area (Å²) in [6.45, 7) is 1.06. The Bertz CT molecular complexity index is 716. The number of hydrogen-bond acceptors (Lipinski definition) is 2. The maximum Gasteiger partial charge on any atom is 0.152 e. The van der Waals surface area contributed by atoms with Gasteiger partial charge in [-0.05, 0) is 17.2 Å². The van der Waals surface area contributed by atoms with Gasteiger partial charge in [-0.25, -0.2) is 0 Å². The first kappa shape index (κ1) is 12.6. The zero-order valence-corrected chi connectivity index (χ0v) is 11.0. The van der Waals surface area contributed by atoms with E-state index in [-0.39, 0.29) is 0 Å². The van der Waals surface area contributed by atoms with Crippen LogP contribution in [-0.4, -0.2) is 11.3 Å². The average molecular weight is 265 g/mol. The normalized spacial score (nSPS) is 10.8. The van der Waals surface area contributed by atoms with Crippen LogP contribution in [0.5, 0.6) is 0 Å². The van der Waals surface area contributed by atoms with Gasteiger partial charge in [-0.3, -0.25) is 4.79 Å². The Balaban J connectivity index is 1.77. The van der Waals surface area contributed by atoms with Crippen molar-refractivity contribution in [3.8, 4) is 0 Å². The number of fused-ring (bicyclic) bond motifs is 1. The molecule has 0 saturated carbocycles. The third-order valence-electron chi connectivity index (χ3n) is 3.32. The van der Waals surface area contributed by atoms with Gasteiger partial charge < -0.3 is 9.72 Å². The Morgan fingerprint density at radius 3 is 2.65 bits per heavy atom. The minimum Gasteiger partial charge on any atom is -0.372 e. The summed E-state index contributed by atoms with van der Waals surface area (Å²) in [6, 6.07) is 16.0. The summed E-state index contributed by atoms with van der Waals surface area (Å²) in [5.41, 5.74) is 3.82. The quantitative estimate of drug-likeness (QED) is 0.715. The number of aromatic nitrogens is 1. The van der Waals surface area contributed by atoms with Crippen LogP contribution >= 0.6 is 0 Å². The first-order chi connectivity index (χ1) is 9.88. The predicted octanol–water partition coefficient (Wildman–Crippen LogP) is 3.70. The Morgan fingerprint density at radius 2 is 1.85 bits per heavy atom. The molecule has 3 heteroatoms. The van der Waals surface area contributed by atoms with Crippen molar-refractivity contribution in [3.63, 3.8) is 0 Å². The molecule has 2 aromatic carbocycles. The van der Waals surface area contributed by atoms with Crippen molar-refractivity contribution in [1.29, 1.82) is 0 Å². The Hall–Kier alpha value is -2.39. The molecule has 0 atom stereocenters. The number of H-pyrrole nitrogens is 1. The maximum atomic E-state index is 11.1. The largest absolute Gasteiger partial charge is 0.372 e. The van der Waals surface area contributed by atoms with E-state index in [0.29, 0.717) is 18.8 Å². The number of carbonyl (C=O) groups is 1. The Labute approximate surface area is 117 Å². The molecule has 3 rings (SSSR count). The summed E-state index contributed by atoms with van der Waals surface area (Å²) >= 11 is 0. The summed E-state index contributed by atoms with van der Waals surface area (Å²) in [7, 11) is 0. The van der Waals surface area contributed by atoms with E-state index in [1.165, 1.54) is 0 Å². The van der Waals surface area contributed by atoms with Gasteiger partial charge in [0.25, 0.3) is 0 Å². The van der Waals surface area contributed by atoms with E-state index < -0.39 is 0 Å². The molecule has 0 aliphatic rings. The average Bonchev–Trinajstić information content (AvgIpc) is 2.92. The molecule has 0 bridgehead atoms. The molecule has 1 heterocycles. The molecular formula is C17H15NO2. The lowest BCUT2D eigenvalue weighted by molar-refractivity contribution is 0.108. The van der Waals surface area contributed by atoms with Crippen molar-refractivity contribution in [2.75, 3.05) is 0 Å². The molecule has 0 fully saturated rings. The molecule has 1 N–H and O–H groups in total. The van der Waals surface area contributed by atoms with Crippen molar-refractivity contribution in [1.82, 2.24) is 4.98 Å². The Kier molecular flexibility index (Phi) is 3.61. The van der Waals surface area contributed by atoms with Gasteiger partial charge in [0.2, 0.25) is 0 Å². The van der Waals surface area contributed by atoms with E-state index in [0.717, 1.165) is 28.3 Å². The first-order valence-electron chi connectivity index (χ1n) is 6.54. The van der Waals surface area contributed by atoms with E-state index in [1.54, 1.807) is 6.20 Å². The molecule has 0 radical (unpaired) electrons. The number of aromatic amines is 1. The van der Waals surface area contributed by atoms with Gasteiger partial charge >= 0.3 is 0 Å². The lowest BCUT2D eigenvalue weighted by atomic mass is 10.1. The lowest BCUT2D eigenvalue weighted by Gasteiger charge is -2.06. The molecule has 0 amide bonds. The van der Waals surface area contributed by atoms with Gasteiger partial charge in [-0.1, -0.05) is 42.5 Å². The molecule has 20 heavy (non-hydrogen) atoms. The van der Waals surface area contributed by atoms with Crippen molar-refractivity contribution >= 4 is 17.2 Å². The van der Waals surface area contributed by atoms with Crippen LogP contribution in [0.3, 0.4) is 0 Å². The van der Waals surface area contributed by atoms with Crippen LogP contribution in [0, 0.1) is 0 Å². The number of aldehydes is 1. The highest BCUT2D eigenvalue weighted by Gasteiger charge is 2.07. The van der Waals surface area contributed by atoms with Crippen molar-refractivity contribution in [2.24, 2.45) is 0 Å². The molecule has 0 spiro atoms. The van der Waals surface area contributed by atoms with Crippen LogP contribution in [0.15, 0.2) is 54.7 Å². The second kappa shape index (κ2) is 5.72. The van der Waals surface area contributed by atoms with Gasteiger partial charge in [0.1, 0.15) is 0 Å². The minimum absolute atomic E-state index is 0.491. The van der Waals surface area contributed by atoms with Crippen molar-refractivity contribution in [3.05, 3.63) is 71.4 Å². The van der Waals surface area contributed by atoms with E-state index in [2.05, 4.69) is 4.98 Å². The smallest absolute Gasteiger partial charge is 0.152 e. The zero-order chi connectivity index (χ0) is 13.8. The van der Waals surface area contributed by atoms with Gasteiger partial charge in [-0.15, -0.1) is 0 Å². The molecule has 3 nitrogen and oxygen atoms in total. The van der Waals surface area contributed by atoms with Gasteiger partial charge in [0.05, 0.1) is 13.2 Å². The zero-order valence-electron chi connectivity index (χ0n) is 11.0. The number of benzene rings is 2. The Morgan fingerprint density at radius 1 is 1.00 bits per heavy atom. The van der Waals surface area contributed by atoms with Crippen LogP contribution in [0.2, 0.25) is 0 Å². The molecular weight excluding hydrogens is 250 g/mol. The topological polar surface area (TPSA) is 42.1 Å². The molecule has 100 valence electrons. The van der Waals surface area contributed by atoms with E-state index in [9.17, 15) is 4.79 Å². The lowest BCUT2D eigenvalue weighted by Crippen LogP contribution is -1.95. The van der Waals surface area contributed by atoms with Crippen LogP contribution in [0.1, 0.15) is 21.5 Å². The SMILES string of the molecule is O=Cc1c[nH]c2cccc(COCc3ccccc3)c12. The number of rotatable bonds is 5. The molecule has 0 aliphatic heterocycles. The van der Waals surface area contributed by atoms with Crippen molar-refractivity contribution < 1.29 is 9.53 Å². The number of carbonyl (C=O) groups excluding carboxylic acids is 1. The highest BCUT2D eigenvalue weighted by Crippen LogP contribution is 2.22. The molecule has 3 aromatic rings. The second-order valence-electron chi connectivity index (χ2n) is 4.68. The fourth-order valence-electron chi connectivity index (χ4n) is 2.36. The first-order valence-corrected chi connectivity index (χ1v) is 6.54. The third kappa shape index (κ3) is 2.49. The fraction of sp³-hybridized carbons (Fsp3) is 0.118. The van der Waals surface area contributed by atoms with Gasteiger partial charge in [-0.2, -0.15) is 0 Å². The number of nitrogens with one attached hydrogen (secondary N) is 1. The second-order valence-corrected chi connectivity index (χ2v) is 4.68. The summed E-state index contributed by atoms with van der Waals surface area (Å²) in [5.74, 6) is 0. The van der Waals surface area contributed by atoms with E-state index in [1.807, 2.05) is 48.5 Å². The molecule has 1 aromatic heterocycles. The van der Waals surface area contributed by atoms with Crippen LogP contribution < -0.4 is 0 Å². The summed E-state index contributed by atoms with van der Waals surface area (Å²) in [6.07, 6.45) is 2.61. The van der Waals surface area contributed by atoms with Gasteiger partial charge in [0.15, 0.2) is 6.29 Å². The summed E-state index contributed by atoms with van der Waals surface area (Å²) < 4.78 is 5.75. The minimum atomic E-state index is 0.491. The van der Waals surface area contributed by atoms with Crippen LogP contribution in [0.25, 0.3) is 10.9 Å². The number of hydrogen-bond donors (Lipinski definition) is 1. The van der Waals surface area contributed by atoms with Crippen molar-refractivity contribution in [2.45, 2.75) is 13.2 Å². The van der Waals surface area contributed by atoms with Crippen LogP contribution in [-0.2, 0) is 18.0 Å². The summed E-state index contributed by atoms with van der Waals surface area (Å²) in [5, 5.41) is 0.954. The monoisotopic (exact) mass is 265 g/mol. The third-order valence-corrected chi connectivity index (χ3v) is 3.32. The molecule has 0 aliphatic carbocycles. The number of ether oxygens (including phenoxy) is 1. The van der Waals surface area contributed by atoms with E-state index >= 15 is 0 Å². The maximum absolute atomic E-state index is 11.1. The van der Waals surface area contributed by atoms with E-state index in [4.69, 9.17) is 4.74 Å². The van der Waals surface area contributed by atoms with Crippen LogP contribution in [0.4, 0.5) is 0 Å². The highest BCUT2D eigenvalue weighted by molar-refractivity contribution is 5.99.